The number of aromatic nitrogens is 5. The Balaban J connectivity index is 1.82. The molecule has 0 aliphatic carbocycles. The lowest BCUT2D eigenvalue weighted by Gasteiger charge is -2.26. The molecule has 2 aromatic heterocycles. The predicted molar refractivity (Wildman–Crippen MR) is 98.3 cm³/mol. The van der Waals surface area contributed by atoms with Crippen molar-refractivity contribution in [2.75, 3.05) is 0 Å². The highest BCUT2D eigenvalue weighted by Gasteiger charge is 2.27. The molecule has 8 heteroatoms. The second-order valence-electron chi connectivity index (χ2n) is 6.79. The first kappa shape index (κ1) is 18.2. The van der Waals surface area contributed by atoms with Crippen LogP contribution in [-0.2, 0) is 6.54 Å². The lowest BCUT2D eigenvalue weighted by Crippen LogP contribution is -2.23. The first-order chi connectivity index (χ1) is 13.5. The molecule has 0 amide bonds. The summed E-state index contributed by atoms with van der Waals surface area (Å²) in [6.07, 6.45) is 2.93. The summed E-state index contributed by atoms with van der Waals surface area (Å²) in [7, 11) is 0. The van der Waals surface area contributed by atoms with Gasteiger partial charge >= 0.3 is 0 Å². The number of halogens is 3. The van der Waals surface area contributed by atoms with Crippen molar-refractivity contribution >= 4 is 10.9 Å². The van der Waals surface area contributed by atoms with E-state index in [1.165, 1.54) is 30.9 Å². The highest BCUT2D eigenvalue weighted by molar-refractivity contribution is 5.82. The van der Waals surface area contributed by atoms with E-state index in [-0.39, 0.29) is 11.9 Å². The zero-order valence-electron chi connectivity index (χ0n) is 15.4. The Morgan fingerprint density at radius 1 is 1.07 bits per heavy atom. The van der Waals surface area contributed by atoms with Crippen LogP contribution in [0.2, 0.25) is 0 Å². The van der Waals surface area contributed by atoms with Crippen molar-refractivity contribution in [1.29, 1.82) is 0 Å². The quantitative estimate of drug-likeness (QED) is 0.512. The molecule has 0 saturated heterocycles. The summed E-state index contributed by atoms with van der Waals surface area (Å²) >= 11 is 0. The van der Waals surface area contributed by atoms with E-state index in [2.05, 4.69) is 15.2 Å². The van der Waals surface area contributed by atoms with Crippen LogP contribution in [-0.4, -0.2) is 24.5 Å². The second-order valence-corrected chi connectivity index (χ2v) is 6.79. The van der Waals surface area contributed by atoms with E-state index in [1.54, 1.807) is 28.4 Å². The fraction of sp³-hybridized carbons (Fsp3) is 0.250. The summed E-state index contributed by atoms with van der Waals surface area (Å²) < 4.78 is 45.6. The highest BCUT2D eigenvalue weighted by Crippen LogP contribution is 2.34. The summed E-state index contributed by atoms with van der Waals surface area (Å²) in [6.45, 7) is 3.96. The Morgan fingerprint density at radius 2 is 1.89 bits per heavy atom. The van der Waals surface area contributed by atoms with Crippen molar-refractivity contribution in [3.05, 3.63) is 77.8 Å². The van der Waals surface area contributed by atoms with Crippen LogP contribution in [0.1, 0.15) is 30.1 Å². The monoisotopic (exact) mass is 385 g/mol. The topological polar surface area (TPSA) is 48.5 Å². The Hall–Kier alpha value is -3.16. The number of hydrogen-bond acceptors (Lipinski definition) is 3. The van der Waals surface area contributed by atoms with Gasteiger partial charge in [-0.3, -0.25) is 9.36 Å². The van der Waals surface area contributed by atoms with Gasteiger partial charge in [0.25, 0.3) is 0 Å². The molecule has 0 bridgehead atoms. The second kappa shape index (κ2) is 7.10. The van der Waals surface area contributed by atoms with Crippen molar-refractivity contribution in [3.8, 4) is 0 Å². The minimum Gasteiger partial charge on any atom is -0.265 e. The molecule has 2 atom stereocenters. The summed E-state index contributed by atoms with van der Waals surface area (Å²) in [5.41, 5.74) is 1.51. The summed E-state index contributed by atoms with van der Waals surface area (Å²) in [5, 5.41) is 9.07. The Bertz CT molecular complexity index is 1120. The highest BCUT2D eigenvalue weighted by atomic mass is 19.1. The summed E-state index contributed by atoms with van der Waals surface area (Å²) in [4.78, 5) is 3.93. The minimum absolute atomic E-state index is 0.307. The molecular weight excluding hydrogens is 367 g/mol. The number of rotatable bonds is 5. The molecule has 0 unspecified atom stereocenters. The maximum absolute atomic E-state index is 14.6. The molecule has 0 aliphatic rings. The van der Waals surface area contributed by atoms with E-state index >= 15 is 0 Å². The van der Waals surface area contributed by atoms with Gasteiger partial charge in [-0.1, -0.05) is 12.1 Å². The Morgan fingerprint density at radius 3 is 2.57 bits per heavy atom. The van der Waals surface area contributed by atoms with E-state index in [0.29, 0.717) is 28.7 Å². The van der Waals surface area contributed by atoms with Crippen LogP contribution in [0.25, 0.3) is 10.9 Å². The normalized spacial score (nSPS) is 13.8. The van der Waals surface area contributed by atoms with Gasteiger partial charge in [-0.15, -0.1) is 0 Å². The average molecular weight is 385 g/mol. The molecule has 0 fully saturated rings. The molecule has 4 aromatic rings. The molecule has 0 saturated carbocycles. The molecule has 0 N–H and O–H groups in total. The molecule has 144 valence electrons. The van der Waals surface area contributed by atoms with Crippen LogP contribution < -0.4 is 0 Å². The van der Waals surface area contributed by atoms with E-state index in [9.17, 15) is 13.2 Å². The average Bonchev–Trinajstić information content (AvgIpc) is 3.28. The number of hydrogen-bond donors (Lipinski definition) is 0. The van der Waals surface area contributed by atoms with Crippen LogP contribution in [0.3, 0.4) is 0 Å². The smallest absolute Gasteiger partial charge is 0.137 e. The molecule has 0 aliphatic heterocycles. The maximum atomic E-state index is 14.6. The summed E-state index contributed by atoms with van der Waals surface area (Å²) in [6, 6.07) is 7.90. The van der Waals surface area contributed by atoms with Gasteiger partial charge < -0.3 is 0 Å². The van der Waals surface area contributed by atoms with Gasteiger partial charge in [0, 0.05) is 17.7 Å². The first-order valence-electron chi connectivity index (χ1n) is 8.86. The van der Waals surface area contributed by atoms with Crippen LogP contribution in [0.15, 0.2) is 49.1 Å². The zero-order valence-corrected chi connectivity index (χ0v) is 15.4. The van der Waals surface area contributed by atoms with E-state index in [1.807, 2.05) is 6.92 Å². The number of aryl methyl sites for hydroxylation is 1. The third kappa shape index (κ3) is 3.15. The zero-order chi connectivity index (χ0) is 19.8. The van der Waals surface area contributed by atoms with Crippen molar-refractivity contribution in [2.24, 2.45) is 0 Å². The fourth-order valence-corrected chi connectivity index (χ4v) is 3.67. The van der Waals surface area contributed by atoms with Gasteiger partial charge in [0.2, 0.25) is 0 Å². The van der Waals surface area contributed by atoms with Gasteiger partial charge in [-0.05, 0) is 37.6 Å². The van der Waals surface area contributed by atoms with Crippen molar-refractivity contribution < 1.29 is 13.2 Å². The van der Waals surface area contributed by atoms with Crippen LogP contribution in [0.4, 0.5) is 13.2 Å². The molecule has 5 nitrogen and oxygen atoms in total. The third-order valence-corrected chi connectivity index (χ3v) is 5.09. The van der Waals surface area contributed by atoms with Crippen LogP contribution >= 0.6 is 0 Å². The van der Waals surface area contributed by atoms with Crippen molar-refractivity contribution in [1.82, 2.24) is 24.5 Å². The van der Waals surface area contributed by atoms with Gasteiger partial charge in [-0.25, -0.2) is 18.2 Å². The van der Waals surface area contributed by atoms with E-state index < -0.39 is 17.6 Å². The summed E-state index contributed by atoms with van der Waals surface area (Å²) in [5.74, 6) is -2.07. The SMILES string of the molecule is Cc1c2c(F)cccc2nn1[C@H](C)[C@@H](Cn1cncn1)c1ccc(F)cc1F. The minimum atomic E-state index is -0.642. The molecule has 4 rings (SSSR count). The van der Waals surface area contributed by atoms with Gasteiger partial charge in [0.15, 0.2) is 0 Å². The maximum Gasteiger partial charge on any atom is 0.137 e. The van der Waals surface area contributed by atoms with Crippen LogP contribution in [0.5, 0.6) is 0 Å². The van der Waals surface area contributed by atoms with Crippen molar-refractivity contribution in [2.45, 2.75) is 32.4 Å². The molecular formula is C20H18F3N5. The third-order valence-electron chi connectivity index (χ3n) is 5.09. The Labute approximate surface area is 159 Å². The lowest BCUT2D eigenvalue weighted by molar-refractivity contribution is 0.347. The lowest BCUT2D eigenvalue weighted by atomic mass is 9.91. The molecule has 0 spiro atoms. The molecule has 2 aromatic carbocycles. The number of nitrogens with zero attached hydrogens (tertiary/aromatic N) is 5. The van der Waals surface area contributed by atoms with Gasteiger partial charge in [0.05, 0.1) is 23.5 Å². The molecule has 0 radical (unpaired) electrons. The fourth-order valence-electron chi connectivity index (χ4n) is 3.67. The van der Waals surface area contributed by atoms with Crippen molar-refractivity contribution in [3.63, 3.8) is 0 Å². The van der Waals surface area contributed by atoms with E-state index in [4.69, 9.17) is 0 Å². The molecule has 2 heterocycles. The Kier molecular flexibility index (Phi) is 4.62. The largest absolute Gasteiger partial charge is 0.265 e. The number of benzene rings is 2. The molecule has 28 heavy (non-hydrogen) atoms. The predicted octanol–water partition coefficient (Wildman–Crippen LogP) is 4.40. The van der Waals surface area contributed by atoms with Crippen LogP contribution in [0, 0.1) is 24.4 Å². The number of fused-ring (bicyclic) bond motifs is 1. The van der Waals surface area contributed by atoms with Gasteiger partial charge in [-0.2, -0.15) is 10.2 Å². The van der Waals surface area contributed by atoms with E-state index in [0.717, 1.165) is 6.07 Å². The van der Waals surface area contributed by atoms with Gasteiger partial charge in [0.1, 0.15) is 30.1 Å². The standard InChI is InChI=1S/C20H18F3N5/c1-12(28-13(2)20-17(22)4-3-5-19(20)26-28)16(9-27-11-24-10-25-27)15-7-6-14(21)8-18(15)23/h3-8,10-12,16H,9H2,1-2H3/t12-,16-/m1/s1. The first-order valence-corrected chi connectivity index (χ1v) is 8.86.